The number of hydrogen-bond donors (Lipinski definition) is 3. The zero-order chi connectivity index (χ0) is 11.6. The quantitative estimate of drug-likeness (QED) is 0.618. The molecule has 0 saturated carbocycles. The summed E-state index contributed by atoms with van der Waals surface area (Å²) in [5.41, 5.74) is 0. The van der Waals surface area contributed by atoms with E-state index in [2.05, 4.69) is 19.5 Å². The summed E-state index contributed by atoms with van der Waals surface area (Å²) < 4.78 is 5.75. The van der Waals surface area contributed by atoms with Crippen LogP contribution >= 0.6 is 20.8 Å². The van der Waals surface area contributed by atoms with E-state index in [0.29, 0.717) is 0 Å². The second-order valence-electron chi connectivity index (χ2n) is 1.94. The molecule has 0 rings (SSSR count). The maximum atomic E-state index is 10.7. The van der Waals surface area contributed by atoms with Crippen LogP contribution in [0.5, 0.6) is 0 Å². The average molecular weight is 225 g/mol. The summed E-state index contributed by atoms with van der Waals surface area (Å²) in [6, 6.07) is 0. The first-order valence-corrected chi connectivity index (χ1v) is 5.04. The number of thioether (sulfide) groups is 1. The standard InChI is InChI=1S/C6H11NO3S.H2NP/c1-7-5(8)3-4(11-2)6(9)10;1-2/h4H,3H2,1-2H3,(H,7,8)(H,9,10);1-2H/i/hD. The molecule has 0 saturated heterocycles. The third-order valence-electron chi connectivity index (χ3n) is 1.21. The molecule has 1 amide bonds. The van der Waals surface area contributed by atoms with Crippen molar-refractivity contribution >= 4 is 32.7 Å². The van der Waals surface area contributed by atoms with Crippen LogP contribution in [0.25, 0.3) is 0 Å². The van der Waals surface area contributed by atoms with Crippen molar-refractivity contribution in [2.75, 3.05) is 13.3 Å². The summed E-state index contributed by atoms with van der Waals surface area (Å²) in [7, 11) is 3.96. The van der Waals surface area contributed by atoms with Crippen molar-refractivity contribution in [2.45, 2.75) is 11.7 Å². The number of rotatable bonds is 4. The van der Waals surface area contributed by atoms with Gasteiger partial charge >= 0.3 is 5.97 Å². The van der Waals surface area contributed by atoms with E-state index in [1.807, 2.05) is 0 Å². The van der Waals surface area contributed by atoms with E-state index in [9.17, 15) is 9.59 Å². The number of carboxylic acids is 1. The monoisotopic (exact) mass is 225 g/mol. The molecule has 5 nitrogen and oxygen atoms in total. The highest BCUT2D eigenvalue weighted by Gasteiger charge is 2.18. The molecule has 0 aliphatic rings. The first kappa shape index (κ1) is 12.4. The smallest absolute Gasteiger partial charge is 0.317 e. The van der Waals surface area contributed by atoms with Crippen LogP contribution in [0.3, 0.4) is 0 Å². The molecule has 0 spiro atoms. The first-order valence-electron chi connectivity index (χ1n) is 3.75. The second-order valence-corrected chi connectivity index (χ2v) is 2.98. The lowest BCUT2D eigenvalue weighted by atomic mass is 10.3. The Morgan fingerprint density at radius 3 is 2.54 bits per heavy atom. The van der Waals surface area contributed by atoms with Crippen molar-refractivity contribution in [2.24, 2.45) is 0 Å². The molecule has 3 N–H and O–H groups in total. The third kappa shape index (κ3) is 7.74. The summed E-state index contributed by atoms with van der Waals surface area (Å²) >= 11 is 1.16. The van der Waals surface area contributed by atoms with Crippen molar-refractivity contribution in [1.82, 2.24) is 5.32 Å². The predicted molar refractivity (Wildman–Crippen MR) is 54.7 cm³/mol. The molecule has 0 fully saturated rings. The van der Waals surface area contributed by atoms with Gasteiger partial charge in [-0.15, -0.1) is 11.8 Å². The number of carbonyl (C=O) groups is 2. The van der Waals surface area contributed by atoms with Gasteiger partial charge in [-0.25, -0.2) is 0 Å². The zero-order valence-corrected chi connectivity index (χ0v) is 9.22. The highest BCUT2D eigenvalue weighted by molar-refractivity contribution is 7.99. The molecular formula is C6H13N2O3PS. The number of carbonyl (C=O) groups excluding carboxylic acids is 1. The van der Waals surface area contributed by atoms with Crippen molar-refractivity contribution < 1.29 is 16.1 Å². The SMILES string of the molecule is CNC(=O)CC(SC)C(=O)O.[2H]N=P. The lowest BCUT2D eigenvalue weighted by Crippen LogP contribution is -2.26. The lowest BCUT2D eigenvalue weighted by molar-refractivity contribution is -0.138. The van der Waals surface area contributed by atoms with Gasteiger partial charge in [0.15, 0.2) is 1.41 Å². The number of aliphatic carboxylic acids is 1. The van der Waals surface area contributed by atoms with Gasteiger partial charge in [0, 0.05) is 13.5 Å². The molecular weight excluding hydrogens is 211 g/mol. The minimum absolute atomic E-state index is 0.0347. The molecule has 0 radical (unpaired) electrons. The van der Waals surface area contributed by atoms with E-state index in [4.69, 9.17) is 6.52 Å². The van der Waals surface area contributed by atoms with E-state index >= 15 is 0 Å². The summed E-state index contributed by atoms with van der Waals surface area (Å²) in [5.74, 6) is -1.19. The molecule has 0 aromatic rings. The molecule has 13 heavy (non-hydrogen) atoms. The molecule has 7 heteroatoms. The zero-order valence-electron chi connectivity index (χ0n) is 8.40. The molecule has 0 aromatic heterocycles. The summed E-state index contributed by atoms with van der Waals surface area (Å²) in [5, 5.41) is 12.8. The van der Waals surface area contributed by atoms with E-state index in [-0.39, 0.29) is 12.3 Å². The van der Waals surface area contributed by atoms with Crippen molar-refractivity contribution in [1.29, 1.82) is 5.15 Å². The Hall–Kier alpha value is -0.610. The summed E-state index contributed by atoms with van der Waals surface area (Å²) in [4.78, 5) is 21.1. The Labute approximate surface area is 84.8 Å². The maximum Gasteiger partial charge on any atom is 0.317 e. The normalized spacial score (nSPS) is 11.4. The lowest BCUT2D eigenvalue weighted by Gasteiger charge is -2.06. The fourth-order valence-electron chi connectivity index (χ4n) is 0.542. The van der Waals surface area contributed by atoms with Gasteiger partial charge in [-0.05, 0) is 15.3 Å². The number of carboxylic acid groups (broad SMARTS) is 1. The second kappa shape index (κ2) is 9.48. The van der Waals surface area contributed by atoms with Crippen molar-refractivity contribution in [3.05, 3.63) is 0 Å². The van der Waals surface area contributed by atoms with E-state index in [1.54, 1.807) is 6.26 Å². The molecule has 0 aliphatic heterocycles. The van der Waals surface area contributed by atoms with Crippen molar-refractivity contribution in [3.63, 3.8) is 0 Å². The van der Waals surface area contributed by atoms with Crippen molar-refractivity contribution in [3.8, 4) is 0 Å². The van der Waals surface area contributed by atoms with Gasteiger partial charge in [0.1, 0.15) is 5.25 Å². The minimum Gasteiger partial charge on any atom is -0.480 e. The van der Waals surface area contributed by atoms with E-state index in [0.717, 1.165) is 11.8 Å². The van der Waals surface area contributed by atoms with Crippen LogP contribution < -0.4 is 5.32 Å². The fraction of sp³-hybridized carbons (Fsp3) is 0.667. The molecule has 76 valence electrons. The van der Waals surface area contributed by atoms with Gasteiger partial charge in [0.25, 0.3) is 0 Å². The highest BCUT2D eigenvalue weighted by Crippen LogP contribution is 2.10. The van der Waals surface area contributed by atoms with Gasteiger partial charge in [-0.3, -0.25) is 14.7 Å². The Balaban J connectivity index is 0. The van der Waals surface area contributed by atoms with Crippen LogP contribution in [0, 0.1) is 5.15 Å². The number of amides is 1. The van der Waals surface area contributed by atoms with Gasteiger partial charge in [-0.2, -0.15) is 0 Å². The average Bonchev–Trinajstić information content (AvgIpc) is 2.14. The largest absolute Gasteiger partial charge is 0.480 e. The fourth-order valence-corrected chi connectivity index (χ4v) is 1.06. The Morgan fingerprint density at radius 2 is 2.31 bits per heavy atom. The van der Waals surface area contributed by atoms with Crippen LogP contribution in [0.15, 0.2) is 0 Å². The maximum absolute atomic E-state index is 10.7. The summed E-state index contributed by atoms with van der Waals surface area (Å²) in [6.45, 7) is 0. The topological polar surface area (TPSA) is 90.2 Å². The van der Waals surface area contributed by atoms with Gasteiger partial charge < -0.3 is 10.4 Å². The Morgan fingerprint density at radius 1 is 1.85 bits per heavy atom. The van der Waals surface area contributed by atoms with Gasteiger partial charge in [0.2, 0.25) is 5.91 Å². The van der Waals surface area contributed by atoms with Crippen LogP contribution in [0.4, 0.5) is 0 Å². The Kier molecular flexibility index (Phi) is 9.03. The summed E-state index contributed by atoms with van der Waals surface area (Å²) in [6.07, 6.45) is 1.70. The molecule has 1 atom stereocenters. The Bertz CT molecular complexity index is 206. The van der Waals surface area contributed by atoms with Crippen LogP contribution in [0.2, 0.25) is 1.41 Å². The van der Waals surface area contributed by atoms with E-state index in [1.165, 1.54) is 7.05 Å². The number of hydrogen-bond acceptors (Lipinski definition) is 4. The van der Waals surface area contributed by atoms with Crippen LogP contribution in [0.1, 0.15) is 6.42 Å². The predicted octanol–water partition coefficient (Wildman–Crippen LogP) is 0.830. The molecule has 0 heterocycles. The van der Waals surface area contributed by atoms with E-state index < -0.39 is 11.2 Å². The molecule has 1 unspecified atom stereocenters. The van der Waals surface area contributed by atoms with Gasteiger partial charge in [0.05, 0.1) is 0 Å². The first-order chi connectivity index (χ1) is 6.53. The molecule has 0 bridgehead atoms. The highest BCUT2D eigenvalue weighted by atomic mass is 32.2. The third-order valence-corrected chi connectivity index (χ3v) is 2.15. The van der Waals surface area contributed by atoms with Gasteiger partial charge in [-0.1, -0.05) is 0 Å². The van der Waals surface area contributed by atoms with Crippen LogP contribution in [-0.4, -0.2) is 35.5 Å². The molecule has 0 aliphatic carbocycles. The molecule has 0 aromatic carbocycles. The minimum atomic E-state index is -0.943. The van der Waals surface area contributed by atoms with Crippen LogP contribution in [-0.2, 0) is 9.59 Å². The number of nitrogens with one attached hydrogen (secondary N) is 2.